The Hall–Kier alpha value is -2.78. The SMILES string of the molecule is C=CCCCOC(=O)[C@@H]1[C@@H]2CC(C)C3(S2)C(C(=O)N(CC=C)c2ccc(OC)cc2)N([C@@H](CO)C(C)C)C(=O)[C@H]13. The van der Waals surface area contributed by atoms with Crippen LogP contribution in [0.15, 0.2) is 49.6 Å². The molecule has 1 N–H and O–H groups in total. The van der Waals surface area contributed by atoms with E-state index < -0.39 is 28.7 Å². The van der Waals surface area contributed by atoms with E-state index in [0.717, 1.165) is 6.42 Å². The molecule has 2 bridgehead atoms. The van der Waals surface area contributed by atoms with Crippen molar-refractivity contribution in [3.63, 3.8) is 0 Å². The summed E-state index contributed by atoms with van der Waals surface area (Å²) in [7, 11) is 1.58. The van der Waals surface area contributed by atoms with Gasteiger partial charge in [0.2, 0.25) is 5.91 Å². The van der Waals surface area contributed by atoms with Crippen LogP contribution >= 0.6 is 11.8 Å². The predicted molar refractivity (Wildman–Crippen MR) is 157 cm³/mol. The molecule has 40 heavy (non-hydrogen) atoms. The van der Waals surface area contributed by atoms with Gasteiger partial charge in [-0.2, -0.15) is 0 Å². The molecule has 0 aromatic heterocycles. The van der Waals surface area contributed by atoms with Gasteiger partial charge in [-0.15, -0.1) is 24.9 Å². The van der Waals surface area contributed by atoms with Gasteiger partial charge in [0.25, 0.3) is 5.91 Å². The highest BCUT2D eigenvalue weighted by Crippen LogP contribution is 2.69. The Balaban J connectivity index is 1.78. The number of fused-ring (bicyclic) bond motifs is 1. The number of hydrogen-bond donors (Lipinski definition) is 1. The molecular weight excluding hydrogens is 528 g/mol. The number of aliphatic hydroxyl groups excluding tert-OH is 1. The third-order valence-electron chi connectivity index (χ3n) is 8.76. The summed E-state index contributed by atoms with van der Waals surface area (Å²) in [4.78, 5) is 45.8. The first kappa shape index (κ1) is 30.2. The van der Waals surface area contributed by atoms with Crippen LogP contribution in [-0.2, 0) is 19.1 Å². The van der Waals surface area contributed by atoms with Gasteiger partial charge in [0.05, 0.1) is 42.9 Å². The van der Waals surface area contributed by atoms with Gasteiger partial charge in [0.15, 0.2) is 0 Å². The van der Waals surface area contributed by atoms with E-state index in [1.54, 1.807) is 53.0 Å². The maximum absolute atomic E-state index is 14.7. The third kappa shape index (κ3) is 4.96. The fourth-order valence-electron chi connectivity index (χ4n) is 6.84. The van der Waals surface area contributed by atoms with Crippen LogP contribution in [0.4, 0.5) is 5.69 Å². The Kier molecular flexibility index (Phi) is 9.35. The monoisotopic (exact) mass is 570 g/mol. The molecular formula is C31H42N2O6S. The van der Waals surface area contributed by atoms with Crippen molar-refractivity contribution < 1.29 is 29.0 Å². The highest BCUT2D eigenvalue weighted by atomic mass is 32.2. The van der Waals surface area contributed by atoms with Crippen molar-refractivity contribution in [3.05, 3.63) is 49.6 Å². The number of carbonyl (C=O) groups excluding carboxylic acids is 3. The summed E-state index contributed by atoms with van der Waals surface area (Å²) in [5.74, 6) is -1.60. The molecule has 218 valence electrons. The third-order valence-corrected chi connectivity index (χ3v) is 10.8. The lowest BCUT2D eigenvalue weighted by Gasteiger charge is -2.42. The number of esters is 1. The number of hydrogen-bond acceptors (Lipinski definition) is 7. The Morgan fingerprint density at radius 2 is 1.95 bits per heavy atom. The molecule has 0 radical (unpaired) electrons. The van der Waals surface area contributed by atoms with Crippen LogP contribution in [-0.4, -0.2) is 76.7 Å². The van der Waals surface area contributed by atoms with Crippen molar-refractivity contribution in [2.45, 2.75) is 62.1 Å². The van der Waals surface area contributed by atoms with Crippen LogP contribution in [0.25, 0.3) is 0 Å². The number of anilines is 1. The van der Waals surface area contributed by atoms with E-state index in [1.807, 2.05) is 26.0 Å². The first-order valence-corrected chi connectivity index (χ1v) is 15.0. The molecule has 2 amide bonds. The van der Waals surface area contributed by atoms with Gasteiger partial charge in [0.1, 0.15) is 11.8 Å². The van der Waals surface area contributed by atoms with Crippen LogP contribution in [0.1, 0.15) is 40.0 Å². The molecule has 3 aliphatic heterocycles. The summed E-state index contributed by atoms with van der Waals surface area (Å²) in [6.07, 6.45) is 5.57. The molecule has 0 aliphatic carbocycles. The molecule has 3 aliphatic rings. The Labute approximate surface area is 241 Å². The molecule has 1 aromatic carbocycles. The first-order valence-electron chi connectivity index (χ1n) is 14.1. The Morgan fingerprint density at radius 1 is 1.25 bits per heavy atom. The smallest absolute Gasteiger partial charge is 0.310 e. The number of ether oxygens (including phenoxy) is 2. The van der Waals surface area contributed by atoms with Gasteiger partial charge < -0.3 is 24.4 Å². The molecule has 1 aromatic rings. The number of nitrogens with zero attached hydrogens (tertiary/aromatic N) is 2. The summed E-state index contributed by atoms with van der Waals surface area (Å²) in [6.45, 7) is 13.8. The van der Waals surface area contributed by atoms with Gasteiger partial charge in [-0.05, 0) is 55.4 Å². The van der Waals surface area contributed by atoms with Gasteiger partial charge >= 0.3 is 5.97 Å². The second-order valence-corrected chi connectivity index (χ2v) is 12.9. The zero-order chi connectivity index (χ0) is 29.2. The Bertz CT molecular complexity index is 1120. The van der Waals surface area contributed by atoms with Crippen LogP contribution in [0, 0.1) is 23.7 Å². The van der Waals surface area contributed by atoms with Gasteiger partial charge in [-0.1, -0.05) is 32.9 Å². The number of unbranched alkanes of at least 4 members (excludes halogenated alkanes) is 1. The van der Waals surface area contributed by atoms with Crippen LogP contribution in [0.3, 0.4) is 0 Å². The number of likely N-dealkylation sites (tertiary alicyclic amines) is 1. The summed E-state index contributed by atoms with van der Waals surface area (Å²) >= 11 is 1.60. The number of thioether (sulfide) groups is 1. The maximum atomic E-state index is 14.7. The molecule has 3 unspecified atom stereocenters. The summed E-state index contributed by atoms with van der Waals surface area (Å²) in [5, 5.41) is 10.4. The van der Waals surface area contributed by atoms with Crippen molar-refractivity contribution in [1.82, 2.24) is 4.90 Å². The summed E-state index contributed by atoms with van der Waals surface area (Å²) in [5.41, 5.74) is 0.659. The van der Waals surface area contributed by atoms with Crippen molar-refractivity contribution in [3.8, 4) is 5.75 Å². The lowest BCUT2D eigenvalue weighted by Crippen LogP contribution is -2.60. The molecule has 3 heterocycles. The van der Waals surface area contributed by atoms with Crippen molar-refractivity contribution in [1.29, 1.82) is 0 Å². The largest absolute Gasteiger partial charge is 0.497 e. The molecule has 3 fully saturated rings. The molecule has 3 saturated heterocycles. The number of rotatable bonds is 13. The molecule has 1 spiro atoms. The first-order chi connectivity index (χ1) is 19.2. The topological polar surface area (TPSA) is 96.4 Å². The van der Waals surface area contributed by atoms with Crippen LogP contribution in [0.2, 0.25) is 0 Å². The zero-order valence-corrected chi connectivity index (χ0v) is 24.8. The van der Waals surface area contributed by atoms with E-state index in [4.69, 9.17) is 9.47 Å². The summed E-state index contributed by atoms with van der Waals surface area (Å²) in [6, 6.07) is 5.79. The van der Waals surface area contributed by atoms with Gasteiger partial charge in [0, 0.05) is 17.5 Å². The standard InChI is InChI=1S/C31H42N2O6S/c1-7-9-10-16-39-30(37)25-24-17-20(5)31(40-24)26(25)28(35)33(23(18-34)19(3)4)27(31)29(36)32(15-8-2)21-11-13-22(38-6)14-12-21/h7-8,11-14,19-20,23-27,34H,1-2,9-10,15-18H2,3-6H3/t20?,23-,24-,25+,26-,27?,31?/m0/s1. The number of methoxy groups -OCH3 is 1. The maximum Gasteiger partial charge on any atom is 0.310 e. The quantitative estimate of drug-likeness (QED) is 0.217. The van der Waals surface area contributed by atoms with E-state index in [2.05, 4.69) is 20.1 Å². The summed E-state index contributed by atoms with van der Waals surface area (Å²) < 4.78 is 10.2. The van der Waals surface area contributed by atoms with E-state index in [9.17, 15) is 19.5 Å². The van der Waals surface area contributed by atoms with E-state index in [1.165, 1.54) is 0 Å². The van der Waals surface area contributed by atoms with Crippen molar-refractivity contribution >= 4 is 35.2 Å². The lowest BCUT2D eigenvalue weighted by molar-refractivity contribution is -0.155. The van der Waals surface area contributed by atoms with Crippen molar-refractivity contribution in [2.24, 2.45) is 23.7 Å². The minimum absolute atomic E-state index is 0.00756. The minimum atomic E-state index is -0.852. The number of benzene rings is 1. The molecule has 4 rings (SSSR count). The van der Waals surface area contributed by atoms with E-state index in [0.29, 0.717) is 24.3 Å². The molecule has 8 nitrogen and oxygen atoms in total. The minimum Gasteiger partial charge on any atom is -0.497 e. The second-order valence-electron chi connectivity index (χ2n) is 11.3. The number of carbonyl (C=O) groups is 3. The fraction of sp³-hybridized carbons (Fsp3) is 0.581. The Morgan fingerprint density at radius 3 is 2.52 bits per heavy atom. The average molecular weight is 571 g/mol. The molecule has 0 saturated carbocycles. The molecule has 7 atom stereocenters. The average Bonchev–Trinajstić information content (AvgIpc) is 3.53. The normalized spacial score (nSPS) is 29.3. The number of aliphatic hydroxyl groups is 1. The molecule has 9 heteroatoms. The van der Waals surface area contributed by atoms with Crippen LogP contribution in [0.5, 0.6) is 5.75 Å². The second kappa shape index (κ2) is 12.4. The predicted octanol–water partition coefficient (Wildman–Crippen LogP) is 4.08. The highest BCUT2D eigenvalue weighted by Gasteiger charge is 2.77. The van der Waals surface area contributed by atoms with Gasteiger partial charge in [-0.3, -0.25) is 14.4 Å². The number of amides is 2. The van der Waals surface area contributed by atoms with E-state index >= 15 is 0 Å². The highest BCUT2D eigenvalue weighted by molar-refractivity contribution is 8.02. The number of allylic oxidation sites excluding steroid dienone is 1. The van der Waals surface area contributed by atoms with E-state index in [-0.39, 0.29) is 54.6 Å². The van der Waals surface area contributed by atoms with Gasteiger partial charge in [-0.25, -0.2) is 0 Å². The lowest BCUT2D eigenvalue weighted by atomic mass is 9.66. The van der Waals surface area contributed by atoms with Crippen LogP contribution < -0.4 is 9.64 Å². The zero-order valence-electron chi connectivity index (χ0n) is 24.0. The fourth-order valence-corrected chi connectivity index (χ4v) is 9.23. The van der Waals surface area contributed by atoms with Crippen molar-refractivity contribution in [2.75, 3.05) is 31.8 Å².